The highest BCUT2D eigenvalue weighted by Gasteiger charge is 2.27. The fraction of sp³-hybridized carbons (Fsp3) is 0.318. The van der Waals surface area contributed by atoms with Gasteiger partial charge >= 0.3 is 0 Å². The highest BCUT2D eigenvalue weighted by molar-refractivity contribution is 7.22. The average molecular weight is 439 g/mol. The van der Waals surface area contributed by atoms with Gasteiger partial charge in [-0.05, 0) is 50.1 Å². The molecule has 4 aromatic rings. The van der Waals surface area contributed by atoms with Crippen molar-refractivity contribution in [2.24, 2.45) is 5.92 Å². The standard InChI is InChI=1S/C22H22N4O2S2/c1-2-28-15-7-8-17-19(13-15)29-21(23-17)25-20(27)14-9-11-26(12-10-14)22-24-16-5-3-4-6-18(16)30-22/h3-8,13-14H,2,9-12H2,1H3,(H,23,25,27). The Hall–Kier alpha value is -2.71. The van der Waals surface area contributed by atoms with E-state index in [0.29, 0.717) is 11.7 Å². The minimum absolute atomic E-state index is 0.00151. The van der Waals surface area contributed by atoms with Crippen molar-refractivity contribution in [2.75, 3.05) is 29.9 Å². The summed E-state index contributed by atoms with van der Waals surface area (Å²) in [7, 11) is 0. The lowest BCUT2D eigenvalue weighted by molar-refractivity contribution is -0.120. The third-order valence-electron chi connectivity index (χ3n) is 5.32. The Morgan fingerprint density at radius 1 is 1.10 bits per heavy atom. The van der Waals surface area contributed by atoms with Crippen LogP contribution in [0.3, 0.4) is 0 Å². The predicted molar refractivity (Wildman–Crippen MR) is 124 cm³/mol. The van der Waals surface area contributed by atoms with Crippen LogP contribution in [0, 0.1) is 5.92 Å². The van der Waals surface area contributed by atoms with Gasteiger partial charge in [0.1, 0.15) is 5.75 Å². The molecule has 1 aliphatic heterocycles. The quantitative estimate of drug-likeness (QED) is 0.466. The zero-order valence-corrected chi connectivity index (χ0v) is 18.3. The lowest BCUT2D eigenvalue weighted by Crippen LogP contribution is -2.38. The molecule has 8 heteroatoms. The highest BCUT2D eigenvalue weighted by Crippen LogP contribution is 2.33. The van der Waals surface area contributed by atoms with Crippen LogP contribution in [0.15, 0.2) is 42.5 Å². The molecule has 6 nitrogen and oxygen atoms in total. The number of anilines is 2. The van der Waals surface area contributed by atoms with E-state index in [1.165, 1.54) is 16.0 Å². The first-order chi connectivity index (χ1) is 14.7. The summed E-state index contributed by atoms with van der Waals surface area (Å²) in [6.07, 6.45) is 1.64. The van der Waals surface area contributed by atoms with Crippen molar-refractivity contribution in [2.45, 2.75) is 19.8 Å². The predicted octanol–water partition coefficient (Wildman–Crippen LogP) is 5.16. The van der Waals surface area contributed by atoms with E-state index in [9.17, 15) is 4.79 Å². The van der Waals surface area contributed by atoms with Crippen LogP contribution in [0.1, 0.15) is 19.8 Å². The van der Waals surface area contributed by atoms with Crippen LogP contribution in [0.2, 0.25) is 0 Å². The summed E-state index contributed by atoms with van der Waals surface area (Å²) in [6.45, 7) is 4.28. The molecule has 0 aliphatic carbocycles. The third-order valence-corrected chi connectivity index (χ3v) is 7.35. The van der Waals surface area contributed by atoms with Crippen LogP contribution < -0.4 is 15.0 Å². The molecule has 3 heterocycles. The number of hydrogen-bond acceptors (Lipinski definition) is 7. The van der Waals surface area contributed by atoms with Gasteiger partial charge in [-0.1, -0.05) is 34.8 Å². The Balaban J connectivity index is 1.22. The molecule has 5 rings (SSSR count). The number of amides is 1. The number of carbonyl (C=O) groups excluding carboxylic acids is 1. The molecule has 0 spiro atoms. The molecule has 0 atom stereocenters. The fourth-order valence-corrected chi connectivity index (χ4v) is 5.67. The van der Waals surface area contributed by atoms with E-state index in [2.05, 4.69) is 21.3 Å². The van der Waals surface area contributed by atoms with E-state index in [-0.39, 0.29) is 11.8 Å². The Bertz CT molecular complexity index is 1160. The highest BCUT2D eigenvalue weighted by atomic mass is 32.1. The summed E-state index contributed by atoms with van der Waals surface area (Å²) < 4.78 is 7.77. The molecular formula is C22H22N4O2S2. The van der Waals surface area contributed by atoms with Gasteiger partial charge in [0.05, 0.1) is 27.0 Å². The van der Waals surface area contributed by atoms with Gasteiger partial charge in [0.15, 0.2) is 10.3 Å². The summed E-state index contributed by atoms with van der Waals surface area (Å²) in [5.41, 5.74) is 1.92. The largest absolute Gasteiger partial charge is 0.494 e. The Morgan fingerprint density at radius 3 is 2.70 bits per heavy atom. The second-order valence-corrected chi connectivity index (χ2v) is 9.34. The Kier molecular flexibility index (Phi) is 5.26. The maximum absolute atomic E-state index is 12.8. The number of nitrogens with one attached hydrogen (secondary N) is 1. The molecule has 0 bridgehead atoms. The van der Waals surface area contributed by atoms with E-state index >= 15 is 0 Å². The molecule has 2 aromatic heterocycles. The Labute approximate surface area is 182 Å². The second kappa shape index (κ2) is 8.20. The van der Waals surface area contributed by atoms with Crippen LogP contribution in [0.25, 0.3) is 20.4 Å². The zero-order valence-electron chi connectivity index (χ0n) is 16.6. The van der Waals surface area contributed by atoms with Gasteiger partial charge in [0, 0.05) is 19.0 Å². The molecule has 0 unspecified atom stereocenters. The van der Waals surface area contributed by atoms with E-state index in [1.807, 2.05) is 43.3 Å². The SMILES string of the molecule is CCOc1ccc2nc(NC(=O)C3CCN(c4nc5ccccc5s4)CC3)sc2c1. The molecule has 2 aromatic carbocycles. The van der Waals surface area contributed by atoms with Gasteiger partial charge in [-0.3, -0.25) is 4.79 Å². The second-order valence-electron chi connectivity index (χ2n) is 7.30. The maximum Gasteiger partial charge on any atom is 0.229 e. The van der Waals surface area contributed by atoms with Crippen molar-refractivity contribution in [3.63, 3.8) is 0 Å². The minimum Gasteiger partial charge on any atom is -0.494 e. The van der Waals surface area contributed by atoms with E-state index in [0.717, 1.165) is 52.5 Å². The topological polar surface area (TPSA) is 67.3 Å². The first-order valence-electron chi connectivity index (χ1n) is 10.1. The minimum atomic E-state index is 0.00151. The lowest BCUT2D eigenvalue weighted by atomic mass is 9.96. The number of aromatic nitrogens is 2. The number of fused-ring (bicyclic) bond motifs is 2. The average Bonchev–Trinajstić information content (AvgIpc) is 3.37. The van der Waals surface area contributed by atoms with Gasteiger partial charge in [0.25, 0.3) is 0 Å². The maximum atomic E-state index is 12.8. The molecule has 1 N–H and O–H groups in total. The lowest BCUT2D eigenvalue weighted by Gasteiger charge is -2.30. The van der Waals surface area contributed by atoms with Gasteiger partial charge in [-0.15, -0.1) is 0 Å². The first kappa shape index (κ1) is 19.3. The van der Waals surface area contributed by atoms with Crippen LogP contribution >= 0.6 is 22.7 Å². The third kappa shape index (κ3) is 3.85. The summed E-state index contributed by atoms with van der Waals surface area (Å²) in [5.74, 6) is 0.887. The molecule has 1 fully saturated rings. The summed E-state index contributed by atoms with van der Waals surface area (Å²) >= 11 is 3.21. The monoisotopic (exact) mass is 438 g/mol. The molecule has 1 saturated heterocycles. The number of nitrogens with zero attached hydrogens (tertiary/aromatic N) is 3. The summed E-state index contributed by atoms with van der Waals surface area (Å²) in [4.78, 5) is 24.4. The molecule has 0 saturated carbocycles. The van der Waals surface area contributed by atoms with Gasteiger partial charge < -0.3 is 15.0 Å². The molecule has 1 aliphatic rings. The number of benzene rings is 2. The van der Waals surface area contributed by atoms with Crippen molar-refractivity contribution < 1.29 is 9.53 Å². The van der Waals surface area contributed by atoms with Crippen LogP contribution in [0.5, 0.6) is 5.75 Å². The van der Waals surface area contributed by atoms with Crippen molar-refractivity contribution in [3.05, 3.63) is 42.5 Å². The van der Waals surface area contributed by atoms with Gasteiger partial charge in [-0.25, -0.2) is 9.97 Å². The van der Waals surface area contributed by atoms with E-state index in [4.69, 9.17) is 9.72 Å². The molecule has 1 amide bonds. The van der Waals surface area contributed by atoms with E-state index < -0.39 is 0 Å². The van der Waals surface area contributed by atoms with Gasteiger partial charge in [-0.2, -0.15) is 0 Å². The summed E-state index contributed by atoms with van der Waals surface area (Å²) in [5, 5.41) is 4.72. The smallest absolute Gasteiger partial charge is 0.229 e. The molecular weight excluding hydrogens is 416 g/mol. The number of ether oxygens (including phenoxy) is 1. The van der Waals surface area contributed by atoms with Crippen LogP contribution in [0.4, 0.5) is 10.3 Å². The number of para-hydroxylation sites is 1. The zero-order chi connectivity index (χ0) is 20.5. The van der Waals surface area contributed by atoms with Crippen LogP contribution in [-0.2, 0) is 4.79 Å². The molecule has 154 valence electrons. The van der Waals surface area contributed by atoms with Crippen LogP contribution in [-0.4, -0.2) is 35.6 Å². The number of carbonyl (C=O) groups is 1. The fourth-order valence-electron chi connectivity index (χ4n) is 3.75. The van der Waals surface area contributed by atoms with Crippen molar-refractivity contribution in [1.82, 2.24) is 9.97 Å². The summed E-state index contributed by atoms with van der Waals surface area (Å²) in [6, 6.07) is 14.0. The van der Waals surface area contributed by atoms with Crippen molar-refractivity contribution in [1.29, 1.82) is 0 Å². The number of thiazole rings is 2. The molecule has 30 heavy (non-hydrogen) atoms. The Morgan fingerprint density at radius 2 is 1.90 bits per heavy atom. The van der Waals surface area contributed by atoms with Gasteiger partial charge in [0.2, 0.25) is 5.91 Å². The normalized spacial score (nSPS) is 15.0. The number of piperidine rings is 1. The number of rotatable bonds is 5. The first-order valence-corrected chi connectivity index (χ1v) is 11.8. The van der Waals surface area contributed by atoms with Crippen molar-refractivity contribution >= 4 is 59.3 Å². The number of hydrogen-bond donors (Lipinski definition) is 1. The van der Waals surface area contributed by atoms with E-state index in [1.54, 1.807) is 11.3 Å². The molecule has 0 radical (unpaired) electrons. The van der Waals surface area contributed by atoms with Crippen molar-refractivity contribution in [3.8, 4) is 5.75 Å².